The van der Waals surface area contributed by atoms with Crippen LogP contribution in [-0.2, 0) is 0 Å². The summed E-state index contributed by atoms with van der Waals surface area (Å²) in [6, 6.07) is 21.6. The summed E-state index contributed by atoms with van der Waals surface area (Å²) in [6.45, 7) is 0. The molecule has 0 N–H and O–H groups in total. The minimum absolute atomic E-state index is 0.358. The molecular formula is C21H12O3. The summed E-state index contributed by atoms with van der Waals surface area (Å²) in [4.78, 5) is 11.4. The van der Waals surface area contributed by atoms with E-state index in [1.807, 2.05) is 18.2 Å². The molecule has 0 radical (unpaired) electrons. The van der Waals surface area contributed by atoms with Crippen molar-refractivity contribution in [3.8, 4) is 11.1 Å². The summed E-state index contributed by atoms with van der Waals surface area (Å²) in [6.07, 6.45) is 1.76. The van der Waals surface area contributed by atoms with E-state index in [4.69, 9.17) is 8.83 Å². The lowest BCUT2D eigenvalue weighted by Gasteiger charge is -2.03. The molecular weight excluding hydrogens is 300 g/mol. The van der Waals surface area contributed by atoms with Crippen LogP contribution in [0, 0.1) is 0 Å². The number of hydrogen-bond donors (Lipinski definition) is 0. The smallest absolute Gasteiger partial charge is 0.336 e. The standard InChI is InChI=1S/C21H12O3/c22-21-8-7-16-10-17-18(12-23-20(17)11-19(16)24-21)15-6-5-13-3-1-2-4-14(13)9-15/h1-12H. The molecule has 3 heteroatoms. The van der Waals surface area contributed by atoms with Gasteiger partial charge in [0.1, 0.15) is 11.2 Å². The number of hydrogen-bond acceptors (Lipinski definition) is 3. The van der Waals surface area contributed by atoms with Gasteiger partial charge < -0.3 is 8.83 Å². The Morgan fingerprint density at radius 2 is 1.54 bits per heavy atom. The van der Waals surface area contributed by atoms with Crippen LogP contribution < -0.4 is 5.63 Å². The Morgan fingerprint density at radius 3 is 2.46 bits per heavy atom. The zero-order valence-electron chi connectivity index (χ0n) is 12.7. The highest BCUT2D eigenvalue weighted by molar-refractivity contribution is 6.02. The lowest BCUT2D eigenvalue weighted by atomic mass is 10.00. The maximum absolute atomic E-state index is 11.4. The lowest BCUT2D eigenvalue weighted by molar-refractivity contribution is 0.559. The molecule has 2 aromatic heterocycles. The fourth-order valence-electron chi connectivity index (χ4n) is 3.17. The van der Waals surface area contributed by atoms with E-state index in [1.165, 1.54) is 16.8 Å². The SMILES string of the molecule is O=c1ccc2cc3c(-c4ccc5ccccc5c4)coc3cc2o1. The van der Waals surface area contributed by atoms with Gasteiger partial charge in [0, 0.05) is 28.5 Å². The maximum atomic E-state index is 11.4. The van der Waals surface area contributed by atoms with Gasteiger partial charge in [0.25, 0.3) is 0 Å². The van der Waals surface area contributed by atoms with Crippen molar-refractivity contribution in [2.75, 3.05) is 0 Å². The van der Waals surface area contributed by atoms with E-state index in [0.29, 0.717) is 11.2 Å². The predicted molar refractivity (Wildman–Crippen MR) is 95.2 cm³/mol. The summed E-state index contributed by atoms with van der Waals surface area (Å²) < 4.78 is 10.9. The molecule has 114 valence electrons. The first-order chi connectivity index (χ1) is 11.8. The van der Waals surface area contributed by atoms with Gasteiger partial charge in [-0.15, -0.1) is 0 Å². The number of rotatable bonds is 1. The van der Waals surface area contributed by atoms with Gasteiger partial charge in [0.05, 0.1) is 6.26 Å². The second-order valence-electron chi connectivity index (χ2n) is 5.85. The Bertz CT molecular complexity index is 1270. The number of fused-ring (bicyclic) bond motifs is 3. The van der Waals surface area contributed by atoms with Crippen molar-refractivity contribution >= 4 is 32.7 Å². The van der Waals surface area contributed by atoms with Crippen LogP contribution in [0.1, 0.15) is 0 Å². The van der Waals surface area contributed by atoms with Gasteiger partial charge in [-0.1, -0.05) is 36.4 Å². The van der Waals surface area contributed by atoms with Gasteiger partial charge in [-0.3, -0.25) is 0 Å². The normalized spacial score (nSPS) is 11.5. The predicted octanol–water partition coefficient (Wildman–Crippen LogP) is 5.36. The quantitative estimate of drug-likeness (QED) is 0.391. The van der Waals surface area contributed by atoms with E-state index in [9.17, 15) is 4.79 Å². The molecule has 3 nitrogen and oxygen atoms in total. The largest absolute Gasteiger partial charge is 0.464 e. The third kappa shape index (κ3) is 1.95. The third-order valence-corrected chi connectivity index (χ3v) is 4.38. The summed E-state index contributed by atoms with van der Waals surface area (Å²) in [5.41, 5.74) is 3.02. The van der Waals surface area contributed by atoms with Crippen molar-refractivity contribution in [2.45, 2.75) is 0 Å². The molecule has 0 bridgehead atoms. The average Bonchev–Trinajstić information content (AvgIpc) is 3.02. The first-order valence-corrected chi connectivity index (χ1v) is 7.72. The summed E-state index contributed by atoms with van der Waals surface area (Å²) in [5.74, 6) is 0. The van der Waals surface area contributed by atoms with E-state index in [0.717, 1.165) is 21.9 Å². The molecule has 0 spiro atoms. The molecule has 0 aliphatic rings. The molecule has 0 aliphatic heterocycles. The van der Waals surface area contributed by atoms with Gasteiger partial charge in [-0.25, -0.2) is 4.79 Å². The van der Waals surface area contributed by atoms with Gasteiger partial charge in [-0.2, -0.15) is 0 Å². The van der Waals surface area contributed by atoms with Gasteiger partial charge in [0.15, 0.2) is 0 Å². The Kier molecular flexibility index (Phi) is 2.65. The molecule has 2 heterocycles. The molecule has 0 unspecified atom stereocenters. The van der Waals surface area contributed by atoms with Crippen molar-refractivity contribution in [2.24, 2.45) is 0 Å². The van der Waals surface area contributed by atoms with E-state index in [-0.39, 0.29) is 5.63 Å². The Labute approximate surface area is 136 Å². The molecule has 0 aliphatic carbocycles. The monoisotopic (exact) mass is 312 g/mol. The average molecular weight is 312 g/mol. The first kappa shape index (κ1) is 13.1. The Hall–Kier alpha value is -3.33. The van der Waals surface area contributed by atoms with Crippen molar-refractivity contribution in [1.29, 1.82) is 0 Å². The van der Waals surface area contributed by atoms with E-state index in [1.54, 1.807) is 18.4 Å². The highest BCUT2D eigenvalue weighted by Gasteiger charge is 2.11. The van der Waals surface area contributed by atoms with Crippen LogP contribution in [0.15, 0.2) is 86.6 Å². The highest BCUT2D eigenvalue weighted by atomic mass is 16.4. The van der Waals surface area contributed by atoms with Crippen molar-refractivity contribution in [1.82, 2.24) is 0 Å². The number of furan rings is 1. The zero-order valence-corrected chi connectivity index (χ0v) is 12.7. The Balaban J connectivity index is 1.78. The molecule has 3 aromatic carbocycles. The van der Waals surface area contributed by atoms with Crippen LogP contribution in [0.2, 0.25) is 0 Å². The van der Waals surface area contributed by atoms with E-state index in [2.05, 4.69) is 30.3 Å². The second kappa shape index (κ2) is 4.83. The van der Waals surface area contributed by atoms with E-state index >= 15 is 0 Å². The topological polar surface area (TPSA) is 43.4 Å². The first-order valence-electron chi connectivity index (χ1n) is 7.72. The molecule has 0 saturated heterocycles. The fraction of sp³-hybridized carbons (Fsp3) is 0. The molecule has 5 rings (SSSR count). The second-order valence-corrected chi connectivity index (χ2v) is 5.85. The van der Waals surface area contributed by atoms with Crippen LogP contribution in [0.25, 0.3) is 43.8 Å². The molecule has 5 aromatic rings. The molecule has 0 atom stereocenters. The highest BCUT2D eigenvalue weighted by Crippen LogP contribution is 2.34. The van der Waals surface area contributed by atoms with Gasteiger partial charge in [0.2, 0.25) is 0 Å². The van der Waals surface area contributed by atoms with Gasteiger partial charge in [-0.05, 0) is 34.5 Å². The van der Waals surface area contributed by atoms with Crippen molar-refractivity contribution in [3.05, 3.63) is 83.4 Å². The van der Waals surface area contributed by atoms with Crippen LogP contribution >= 0.6 is 0 Å². The molecule has 24 heavy (non-hydrogen) atoms. The van der Waals surface area contributed by atoms with Crippen LogP contribution in [0.3, 0.4) is 0 Å². The van der Waals surface area contributed by atoms with Crippen LogP contribution in [0.4, 0.5) is 0 Å². The van der Waals surface area contributed by atoms with Crippen LogP contribution in [0.5, 0.6) is 0 Å². The van der Waals surface area contributed by atoms with Crippen molar-refractivity contribution < 1.29 is 8.83 Å². The van der Waals surface area contributed by atoms with E-state index < -0.39 is 0 Å². The minimum Gasteiger partial charge on any atom is -0.464 e. The summed E-state index contributed by atoms with van der Waals surface area (Å²) in [7, 11) is 0. The fourth-order valence-corrected chi connectivity index (χ4v) is 3.17. The van der Waals surface area contributed by atoms with Crippen LogP contribution in [-0.4, -0.2) is 0 Å². The molecule has 0 fully saturated rings. The lowest BCUT2D eigenvalue weighted by Crippen LogP contribution is -1.93. The molecule has 0 saturated carbocycles. The third-order valence-electron chi connectivity index (χ3n) is 4.38. The molecule has 0 amide bonds. The van der Waals surface area contributed by atoms with Crippen molar-refractivity contribution in [3.63, 3.8) is 0 Å². The zero-order chi connectivity index (χ0) is 16.1. The summed E-state index contributed by atoms with van der Waals surface area (Å²) in [5, 5.41) is 4.29. The summed E-state index contributed by atoms with van der Waals surface area (Å²) >= 11 is 0. The van der Waals surface area contributed by atoms with Gasteiger partial charge >= 0.3 is 5.63 Å². The minimum atomic E-state index is -0.358. The maximum Gasteiger partial charge on any atom is 0.336 e. The number of benzene rings is 3. The Morgan fingerprint density at radius 1 is 0.708 bits per heavy atom.